The van der Waals surface area contributed by atoms with Gasteiger partial charge in [0.15, 0.2) is 0 Å². The average molecular weight is 431 g/mol. The summed E-state index contributed by atoms with van der Waals surface area (Å²) in [5.41, 5.74) is 4.06. The van der Waals surface area contributed by atoms with E-state index in [0.29, 0.717) is 22.7 Å². The number of aryl methyl sites for hydroxylation is 1. The molecule has 0 aliphatic carbocycles. The molecule has 1 fully saturated rings. The van der Waals surface area contributed by atoms with Crippen molar-refractivity contribution < 1.29 is 19.1 Å². The molecule has 6 heteroatoms. The zero-order valence-electron chi connectivity index (χ0n) is 18.7. The minimum absolute atomic E-state index is 0.0478. The maximum Gasteiger partial charge on any atom is 0.255 e. The second kappa shape index (κ2) is 8.75. The Morgan fingerprint density at radius 1 is 0.812 bits per heavy atom. The maximum atomic E-state index is 13.9. The Morgan fingerprint density at radius 3 is 2.19 bits per heavy atom. The van der Waals surface area contributed by atoms with Crippen LogP contribution in [0.1, 0.15) is 22.7 Å². The Labute approximate surface area is 188 Å². The van der Waals surface area contributed by atoms with Gasteiger partial charge >= 0.3 is 0 Å². The molecule has 1 aliphatic rings. The third-order valence-electron chi connectivity index (χ3n) is 5.96. The Bertz CT molecular complexity index is 1160. The lowest BCUT2D eigenvalue weighted by atomic mass is 9.98. The third kappa shape index (κ3) is 3.68. The van der Waals surface area contributed by atoms with E-state index in [4.69, 9.17) is 9.47 Å². The molecule has 1 saturated heterocycles. The van der Waals surface area contributed by atoms with Crippen molar-refractivity contribution in [3.8, 4) is 11.5 Å². The summed E-state index contributed by atoms with van der Waals surface area (Å²) in [5.74, 6) is 0.858. The van der Waals surface area contributed by atoms with E-state index in [9.17, 15) is 9.59 Å². The third-order valence-corrected chi connectivity index (χ3v) is 5.96. The Kier molecular flexibility index (Phi) is 5.86. The van der Waals surface area contributed by atoms with Gasteiger partial charge in [0.05, 0.1) is 19.9 Å². The van der Waals surface area contributed by atoms with Crippen molar-refractivity contribution in [1.82, 2.24) is 0 Å². The smallest absolute Gasteiger partial charge is 0.255 e. The second-order valence-electron chi connectivity index (χ2n) is 7.75. The molecule has 0 unspecified atom stereocenters. The molecule has 4 rings (SSSR count). The first-order chi connectivity index (χ1) is 15.5. The average Bonchev–Trinajstić information content (AvgIpc) is 2.82. The molecule has 6 nitrogen and oxygen atoms in total. The van der Waals surface area contributed by atoms with E-state index in [2.05, 4.69) is 0 Å². The summed E-state index contributed by atoms with van der Waals surface area (Å²) in [6.07, 6.45) is 0. The quantitative estimate of drug-likeness (QED) is 0.600. The predicted molar refractivity (Wildman–Crippen MR) is 124 cm³/mol. The van der Waals surface area contributed by atoms with Crippen LogP contribution in [0.2, 0.25) is 0 Å². The van der Waals surface area contributed by atoms with E-state index < -0.39 is 6.04 Å². The molecule has 0 aromatic heterocycles. The fraction of sp³-hybridized carbons (Fsp3) is 0.231. The van der Waals surface area contributed by atoms with Crippen LogP contribution in [0.3, 0.4) is 0 Å². The SMILES string of the molecule is COc1ccc([C@H]2C(=O)N(c3cccc(C)c3C)CC(=O)N2c2ccccc2OC)cc1. The van der Waals surface area contributed by atoms with Gasteiger partial charge in [0.25, 0.3) is 5.91 Å². The summed E-state index contributed by atoms with van der Waals surface area (Å²) < 4.78 is 10.8. The zero-order valence-corrected chi connectivity index (χ0v) is 18.7. The van der Waals surface area contributed by atoms with Crippen LogP contribution < -0.4 is 19.3 Å². The van der Waals surface area contributed by atoms with E-state index in [0.717, 1.165) is 16.8 Å². The summed E-state index contributed by atoms with van der Waals surface area (Å²) in [7, 11) is 3.15. The number of methoxy groups -OCH3 is 2. The van der Waals surface area contributed by atoms with Gasteiger partial charge in [0, 0.05) is 5.69 Å². The topological polar surface area (TPSA) is 59.1 Å². The highest BCUT2D eigenvalue weighted by Gasteiger charge is 2.43. The van der Waals surface area contributed by atoms with Crippen molar-refractivity contribution in [3.63, 3.8) is 0 Å². The number of ether oxygens (including phenoxy) is 2. The van der Waals surface area contributed by atoms with E-state index in [1.54, 1.807) is 48.3 Å². The molecule has 3 aromatic carbocycles. The summed E-state index contributed by atoms with van der Waals surface area (Å²) >= 11 is 0. The molecular formula is C26H26N2O4. The lowest BCUT2D eigenvalue weighted by Gasteiger charge is -2.41. The van der Waals surface area contributed by atoms with Crippen LogP contribution in [-0.2, 0) is 9.59 Å². The minimum Gasteiger partial charge on any atom is -0.497 e. The Balaban J connectivity index is 1.86. The highest BCUT2D eigenvalue weighted by Crippen LogP contribution is 2.39. The number of carbonyl (C=O) groups excluding carboxylic acids is 2. The normalized spacial score (nSPS) is 16.3. The fourth-order valence-corrected chi connectivity index (χ4v) is 4.10. The molecule has 2 amide bonds. The maximum absolute atomic E-state index is 13.9. The molecular weight excluding hydrogens is 404 g/mol. The molecule has 3 aromatic rings. The number of hydrogen-bond acceptors (Lipinski definition) is 4. The number of rotatable bonds is 5. The highest BCUT2D eigenvalue weighted by molar-refractivity contribution is 6.15. The standard InChI is InChI=1S/C26H26N2O4/c1-17-8-7-10-21(18(17)2)27-16-24(29)28(22-9-5-6-11-23(22)32-4)25(26(27)30)19-12-14-20(31-3)15-13-19/h5-15,25H,16H2,1-4H3/t25-/m0/s1. The number of hydrogen-bond donors (Lipinski definition) is 0. The number of piperazine rings is 1. The largest absolute Gasteiger partial charge is 0.497 e. The van der Waals surface area contributed by atoms with Gasteiger partial charge in [-0.2, -0.15) is 0 Å². The van der Waals surface area contributed by atoms with Crippen LogP contribution in [0.4, 0.5) is 11.4 Å². The van der Waals surface area contributed by atoms with Crippen molar-refractivity contribution in [1.29, 1.82) is 0 Å². The molecule has 1 heterocycles. The van der Waals surface area contributed by atoms with Gasteiger partial charge in [-0.25, -0.2) is 0 Å². The first-order valence-corrected chi connectivity index (χ1v) is 10.4. The molecule has 164 valence electrons. The van der Waals surface area contributed by atoms with Crippen molar-refractivity contribution in [2.75, 3.05) is 30.6 Å². The highest BCUT2D eigenvalue weighted by atomic mass is 16.5. The zero-order chi connectivity index (χ0) is 22.8. The molecule has 32 heavy (non-hydrogen) atoms. The Morgan fingerprint density at radius 2 is 1.50 bits per heavy atom. The summed E-state index contributed by atoms with van der Waals surface area (Å²) in [6, 6.07) is 19.4. The van der Waals surface area contributed by atoms with Crippen molar-refractivity contribution >= 4 is 23.2 Å². The van der Waals surface area contributed by atoms with Gasteiger partial charge < -0.3 is 14.4 Å². The monoisotopic (exact) mass is 430 g/mol. The van der Waals surface area contributed by atoms with Crippen LogP contribution in [-0.4, -0.2) is 32.6 Å². The summed E-state index contributed by atoms with van der Waals surface area (Å²) in [4.78, 5) is 30.6. The molecule has 1 atom stereocenters. The lowest BCUT2D eigenvalue weighted by Crippen LogP contribution is -2.56. The van der Waals surface area contributed by atoms with Crippen molar-refractivity contribution in [3.05, 3.63) is 83.4 Å². The molecule has 0 spiro atoms. The summed E-state index contributed by atoms with van der Waals surface area (Å²) in [6.45, 7) is 3.92. The van der Waals surface area contributed by atoms with Crippen LogP contribution in [0, 0.1) is 13.8 Å². The molecule has 0 saturated carbocycles. The van der Waals surface area contributed by atoms with Gasteiger partial charge in [-0.1, -0.05) is 36.4 Å². The van der Waals surface area contributed by atoms with Gasteiger partial charge in [0.1, 0.15) is 24.1 Å². The van der Waals surface area contributed by atoms with Crippen molar-refractivity contribution in [2.24, 2.45) is 0 Å². The van der Waals surface area contributed by atoms with Gasteiger partial charge in [-0.15, -0.1) is 0 Å². The number of anilines is 2. The van der Waals surface area contributed by atoms with Crippen LogP contribution in [0.15, 0.2) is 66.7 Å². The fourth-order valence-electron chi connectivity index (χ4n) is 4.10. The van der Waals surface area contributed by atoms with E-state index in [-0.39, 0.29) is 18.4 Å². The number of benzene rings is 3. The van der Waals surface area contributed by atoms with E-state index in [1.165, 1.54) is 0 Å². The Hall–Kier alpha value is -3.80. The molecule has 1 aliphatic heterocycles. The summed E-state index contributed by atoms with van der Waals surface area (Å²) in [5, 5.41) is 0. The van der Waals surface area contributed by atoms with Gasteiger partial charge in [-0.3, -0.25) is 14.5 Å². The number of amides is 2. The molecule has 0 bridgehead atoms. The first-order valence-electron chi connectivity index (χ1n) is 10.4. The van der Waals surface area contributed by atoms with Crippen LogP contribution in [0.5, 0.6) is 11.5 Å². The number of para-hydroxylation sites is 2. The van der Waals surface area contributed by atoms with E-state index >= 15 is 0 Å². The lowest BCUT2D eigenvalue weighted by molar-refractivity contribution is -0.128. The molecule has 0 N–H and O–H groups in total. The van der Waals surface area contributed by atoms with Crippen LogP contribution >= 0.6 is 0 Å². The van der Waals surface area contributed by atoms with Gasteiger partial charge in [-0.05, 0) is 60.9 Å². The van der Waals surface area contributed by atoms with Gasteiger partial charge in [0.2, 0.25) is 5.91 Å². The second-order valence-corrected chi connectivity index (χ2v) is 7.75. The first kappa shape index (κ1) is 21.4. The molecule has 0 radical (unpaired) electrons. The number of carbonyl (C=O) groups is 2. The minimum atomic E-state index is -0.835. The van der Waals surface area contributed by atoms with Crippen LogP contribution in [0.25, 0.3) is 0 Å². The van der Waals surface area contributed by atoms with Crippen molar-refractivity contribution in [2.45, 2.75) is 19.9 Å². The predicted octanol–water partition coefficient (Wildman–Crippen LogP) is 4.44. The number of nitrogens with zero attached hydrogens (tertiary/aromatic N) is 2. The van der Waals surface area contributed by atoms with E-state index in [1.807, 2.05) is 56.3 Å².